The summed E-state index contributed by atoms with van der Waals surface area (Å²) in [7, 11) is 0. The molecule has 0 saturated heterocycles. The predicted molar refractivity (Wildman–Crippen MR) is 88.0 cm³/mol. The van der Waals surface area contributed by atoms with Crippen molar-refractivity contribution in [2.24, 2.45) is 5.92 Å². The van der Waals surface area contributed by atoms with Crippen molar-refractivity contribution >= 4 is 23.0 Å². The summed E-state index contributed by atoms with van der Waals surface area (Å²) in [4.78, 5) is 18.7. The van der Waals surface area contributed by atoms with Gasteiger partial charge in [0.05, 0.1) is 17.2 Å². The number of hydrogen-bond acceptors (Lipinski definition) is 5. The lowest BCUT2D eigenvalue weighted by molar-refractivity contribution is -0.124. The van der Waals surface area contributed by atoms with E-state index >= 15 is 0 Å². The van der Waals surface area contributed by atoms with Crippen molar-refractivity contribution in [3.8, 4) is 0 Å². The van der Waals surface area contributed by atoms with E-state index in [1.807, 2.05) is 13.8 Å². The van der Waals surface area contributed by atoms with Gasteiger partial charge < -0.3 is 4.98 Å². The molecule has 1 amide bonds. The van der Waals surface area contributed by atoms with Gasteiger partial charge >= 0.3 is 0 Å². The Hall–Kier alpha value is -3.07. The number of halogens is 1. The summed E-state index contributed by atoms with van der Waals surface area (Å²) >= 11 is 0. The fourth-order valence-corrected chi connectivity index (χ4v) is 2.59. The SMILES string of the molecule is CC(C)C(c1nc2ccc(F)cc2[nH]1)n1cc(/C=C/C(=O)NO)nn1. The Morgan fingerprint density at radius 2 is 2.24 bits per heavy atom. The van der Waals surface area contributed by atoms with Gasteiger partial charge in [-0.1, -0.05) is 19.1 Å². The van der Waals surface area contributed by atoms with Crippen LogP contribution in [-0.2, 0) is 4.79 Å². The van der Waals surface area contributed by atoms with Gasteiger partial charge in [0.1, 0.15) is 23.4 Å². The third kappa shape index (κ3) is 3.56. The number of fused-ring (bicyclic) bond motifs is 1. The second kappa shape index (κ2) is 6.81. The van der Waals surface area contributed by atoms with Crippen molar-refractivity contribution in [2.45, 2.75) is 19.9 Å². The summed E-state index contributed by atoms with van der Waals surface area (Å²) in [6.07, 6.45) is 4.24. The van der Waals surface area contributed by atoms with Gasteiger partial charge in [0, 0.05) is 6.08 Å². The van der Waals surface area contributed by atoms with Gasteiger partial charge in [-0.05, 0) is 30.2 Å². The third-order valence-electron chi connectivity index (χ3n) is 3.70. The number of nitrogens with one attached hydrogen (secondary N) is 2. The van der Waals surface area contributed by atoms with Crippen LogP contribution in [0.2, 0.25) is 0 Å². The fourth-order valence-electron chi connectivity index (χ4n) is 2.59. The molecule has 0 spiro atoms. The Morgan fingerprint density at radius 3 is 2.96 bits per heavy atom. The molecule has 1 aromatic carbocycles. The number of carbonyl (C=O) groups excluding carboxylic acids is 1. The standard InChI is InChI=1S/C16H17FN6O2/c1-9(2)15(16-18-12-5-3-10(17)7-13(12)19-16)23-8-11(20-22-23)4-6-14(24)21-25/h3-9,15,25H,1-2H3,(H,18,19)(H,21,24)/b6-4+. The molecule has 0 aliphatic heterocycles. The number of nitrogens with zero attached hydrogens (tertiary/aromatic N) is 4. The Morgan fingerprint density at radius 1 is 1.44 bits per heavy atom. The highest BCUT2D eigenvalue weighted by molar-refractivity contribution is 5.90. The zero-order chi connectivity index (χ0) is 18.0. The normalized spacial score (nSPS) is 13.0. The number of rotatable bonds is 5. The van der Waals surface area contributed by atoms with E-state index in [1.54, 1.807) is 16.9 Å². The average molecular weight is 344 g/mol. The van der Waals surface area contributed by atoms with E-state index < -0.39 is 5.91 Å². The van der Waals surface area contributed by atoms with E-state index in [0.717, 1.165) is 6.08 Å². The van der Waals surface area contributed by atoms with E-state index in [4.69, 9.17) is 5.21 Å². The molecule has 25 heavy (non-hydrogen) atoms. The van der Waals surface area contributed by atoms with E-state index in [9.17, 15) is 9.18 Å². The molecule has 0 aliphatic carbocycles. The molecule has 130 valence electrons. The molecule has 9 heteroatoms. The summed E-state index contributed by atoms with van der Waals surface area (Å²) in [6, 6.07) is 4.14. The molecule has 3 N–H and O–H groups in total. The number of imidazole rings is 1. The molecule has 1 atom stereocenters. The van der Waals surface area contributed by atoms with Gasteiger partial charge in [0.2, 0.25) is 0 Å². The van der Waals surface area contributed by atoms with Crippen molar-refractivity contribution in [3.63, 3.8) is 0 Å². The smallest absolute Gasteiger partial charge is 0.267 e. The lowest BCUT2D eigenvalue weighted by Crippen LogP contribution is -2.18. The summed E-state index contributed by atoms with van der Waals surface area (Å²) in [5.74, 6) is -0.220. The second-order valence-corrected chi connectivity index (χ2v) is 5.91. The first kappa shape index (κ1) is 16.8. The van der Waals surface area contributed by atoms with Crippen LogP contribution in [-0.4, -0.2) is 36.1 Å². The Balaban J connectivity index is 1.94. The molecule has 0 saturated carbocycles. The average Bonchev–Trinajstić information content (AvgIpc) is 3.19. The summed E-state index contributed by atoms with van der Waals surface area (Å²) in [6.45, 7) is 4.02. The molecular weight excluding hydrogens is 327 g/mol. The van der Waals surface area contributed by atoms with Crippen molar-refractivity contribution in [3.05, 3.63) is 47.8 Å². The van der Waals surface area contributed by atoms with Gasteiger partial charge in [-0.15, -0.1) is 5.10 Å². The van der Waals surface area contributed by atoms with E-state index in [-0.39, 0.29) is 17.8 Å². The number of aromatic nitrogens is 5. The first-order valence-corrected chi connectivity index (χ1v) is 7.67. The van der Waals surface area contributed by atoms with Crippen molar-refractivity contribution < 1.29 is 14.4 Å². The number of aromatic amines is 1. The maximum absolute atomic E-state index is 13.4. The molecule has 2 heterocycles. The van der Waals surface area contributed by atoms with Gasteiger partial charge in [0.15, 0.2) is 0 Å². The molecule has 8 nitrogen and oxygen atoms in total. The molecule has 2 aromatic heterocycles. The Bertz CT molecular complexity index is 930. The minimum absolute atomic E-state index is 0.129. The monoisotopic (exact) mass is 344 g/mol. The summed E-state index contributed by atoms with van der Waals surface area (Å²) < 4.78 is 15.0. The minimum atomic E-state index is -0.658. The van der Waals surface area contributed by atoms with Crippen LogP contribution in [0.3, 0.4) is 0 Å². The fraction of sp³-hybridized carbons (Fsp3) is 0.250. The van der Waals surface area contributed by atoms with Gasteiger partial charge in [0.25, 0.3) is 5.91 Å². The number of hydroxylamine groups is 1. The summed E-state index contributed by atoms with van der Waals surface area (Å²) in [5.41, 5.74) is 3.24. The highest BCUT2D eigenvalue weighted by atomic mass is 19.1. The zero-order valence-electron chi connectivity index (χ0n) is 13.6. The second-order valence-electron chi connectivity index (χ2n) is 5.91. The molecule has 0 bridgehead atoms. The highest BCUT2D eigenvalue weighted by Crippen LogP contribution is 2.26. The maximum Gasteiger partial charge on any atom is 0.267 e. The van der Waals surface area contributed by atoms with E-state index in [1.165, 1.54) is 23.7 Å². The van der Waals surface area contributed by atoms with Crippen LogP contribution < -0.4 is 5.48 Å². The number of amides is 1. The number of H-pyrrole nitrogens is 1. The lowest BCUT2D eigenvalue weighted by Gasteiger charge is -2.18. The Labute approximate surface area is 142 Å². The Kier molecular flexibility index (Phi) is 4.57. The van der Waals surface area contributed by atoms with Crippen LogP contribution in [0.15, 0.2) is 30.5 Å². The van der Waals surface area contributed by atoms with Gasteiger partial charge in [-0.25, -0.2) is 19.5 Å². The number of hydrogen-bond donors (Lipinski definition) is 3. The molecule has 0 fully saturated rings. The van der Waals surface area contributed by atoms with E-state index in [0.29, 0.717) is 22.6 Å². The third-order valence-corrected chi connectivity index (χ3v) is 3.70. The molecule has 0 radical (unpaired) electrons. The van der Waals surface area contributed by atoms with Crippen molar-refractivity contribution in [1.29, 1.82) is 0 Å². The summed E-state index contributed by atoms with van der Waals surface area (Å²) in [5, 5.41) is 16.6. The highest BCUT2D eigenvalue weighted by Gasteiger charge is 2.23. The first-order valence-electron chi connectivity index (χ1n) is 7.67. The molecule has 0 aliphatic rings. The van der Waals surface area contributed by atoms with Crippen molar-refractivity contribution in [2.75, 3.05) is 0 Å². The van der Waals surface area contributed by atoms with Crippen LogP contribution in [0, 0.1) is 11.7 Å². The van der Waals surface area contributed by atoms with E-state index in [2.05, 4.69) is 20.3 Å². The molecule has 3 rings (SSSR count). The molecular formula is C16H17FN6O2. The van der Waals surface area contributed by atoms with Crippen molar-refractivity contribution in [1.82, 2.24) is 30.4 Å². The van der Waals surface area contributed by atoms with Gasteiger partial charge in [-0.3, -0.25) is 10.0 Å². The molecule has 3 aromatic rings. The number of carbonyl (C=O) groups is 1. The van der Waals surface area contributed by atoms with Gasteiger partial charge in [-0.2, -0.15) is 0 Å². The topological polar surface area (TPSA) is 109 Å². The first-order chi connectivity index (χ1) is 12.0. The van der Waals surface area contributed by atoms with Crippen LogP contribution in [0.5, 0.6) is 0 Å². The van der Waals surface area contributed by atoms with Crippen LogP contribution in [0.1, 0.15) is 31.4 Å². The molecule has 1 unspecified atom stereocenters. The zero-order valence-corrected chi connectivity index (χ0v) is 13.6. The lowest BCUT2D eigenvalue weighted by atomic mass is 10.0. The van der Waals surface area contributed by atoms with Crippen LogP contribution >= 0.6 is 0 Å². The van der Waals surface area contributed by atoms with Crippen LogP contribution in [0.4, 0.5) is 4.39 Å². The minimum Gasteiger partial charge on any atom is -0.340 e. The maximum atomic E-state index is 13.4. The van der Waals surface area contributed by atoms with Crippen LogP contribution in [0.25, 0.3) is 17.1 Å². The number of benzene rings is 1. The predicted octanol–water partition coefficient (Wildman–Crippen LogP) is 2.06. The quantitative estimate of drug-likeness (QED) is 0.373. The largest absolute Gasteiger partial charge is 0.340 e.